The first-order valence-corrected chi connectivity index (χ1v) is 8.90. The highest BCUT2D eigenvalue weighted by molar-refractivity contribution is 5.57. The lowest BCUT2D eigenvalue weighted by molar-refractivity contribution is 0.251. The number of nitrogens with zero attached hydrogens (tertiary/aromatic N) is 2. The van der Waals surface area contributed by atoms with Gasteiger partial charge in [0.25, 0.3) is 0 Å². The molecule has 2 aromatic rings. The van der Waals surface area contributed by atoms with Crippen molar-refractivity contribution in [2.45, 2.75) is 51.4 Å². The van der Waals surface area contributed by atoms with E-state index in [1.54, 1.807) is 0 Å². The highest BCUT2D eigenvalue weighted by Gasteiger charge is 2.53. The summed E-state index contributed by atoms with van der Waals surface area (Å²) >= 11 is 0. The van der Waals surface area contributed by atoms with E-state index in [4.69, 9.17) is 0 Å². The van der Waals surface area contributed by atoms with Crippen molar-refractivity contribution in [3.8, 4) is 0 Å². The first-order valence-electron chi connectivity index (χ1n) is 8.90. The van der Waals surface area contributed by atoms with Gasteiger partial charge in [-0.15, -0.1) is 0 Å². The number of rotatable bonds is 2. The van der Waals surface area contributed by atoms with Gasteiger partial charge in [-0.1, -0.05) is 54.6 Å². The molecule has 0 aliphatic carbocycles. The molecule has 0 N–H and O–H groups in total. The van der Waals surface area contributed by atoms with Gasteiger partial charge in [0.15, 0.2) is 0 Å². The van der Waals surface area contributed by atoms with Crippen LogP contribution in [-0.2, 0) is 5.41 Å². The van der Waals surface area contributed by atoms with Gasteiger partial charge in [-0.25, -0.2) is 0 Å². The Kier molecular flexibility index (Phi) is 3.45. The quantitative estimate of drug-likeness (QED) is 0.791. The highest BCUT2D eigenvalue weighted by Crippen LogP contribution is 2.47. The maximum absolute atomic E-state index is 2.59. The number of fused-ring (bicyclic) bond motifs is 1. The summed E-state index contributed by atoms with van der Waals surface area (Å²) in [6.45, 7) is 9.30. The molecule has 0 spiro atoms. The summed E-state index contributed by atoms with van der Waals surface area (Å²) in [4.78, 5) is 5.13. The topological polar surface area (TPSA) is 6.48 Å². The van der Waals surface area contributed by atoms with Crippen LogP contribution in [0.5, 0.6) is 0 Å². The Morgan fingerprint density at radius 3 is 2.29 bits per heavy atom. The Bertz CT molecular complexity index is 767. The fraction of sp³-hybridized carbons (Fsp3) is 0.364. The molecule has 1 fully saturated rings. The van der Waals surface area contributed by atoms with Crippen LogP contribution in [0.2, 0.25) is 0 Å². The summed E-state index contributed by atoms with van der Waals surface area (Å²) < 4.78 is 0. The van der Waals surface area contributed by atoms with E-state index in [0.717, 1.165) is 0 Å². The SMILES string of the molecule is Cc1ccccc1N1C(C)N2C=CC(C)(c3ccccc3)C2[C@@H]1C. The molecule has 0 amide bonds. The second kappa shape index (κ2) is 5.41. The van der Waals surface area contributed by atoms with E-state index >= 15 is 0 Å². The van der Waals surface area contributed by atoms with Gasteiger partial charge in [0.1, 0.15) is 0 Å². The van der Waals surface area contributed by atoms with Crippen molar-refractivity contribution in [1.82, 2.24) is 4.90 Å². The molecule has 1 saturated heterocycles. The summed E-state index contributed by atoms with van der Waals surface area (Å²) in [5.74, 6) is 0. The third-order valence-corrected chi connectivity index (χ3v) is 6.05. The Labute approximate surface area is 145 Å². The highest BCUT2D eigenvalue weighted by atomic mass is 15.5. The molecule has 0 radical (unpaired) electrons. The van der Waals surface area contributed by atoms with Crippen molar-refractivity contribution in [2.75, 3.05) is 4.90 Å². The summed E-state index contributed by atoms with van der Waals surface area (Å²) in [6.07, 6.45) is 5.08. The third-order valence-electron chi connectivity index (χ3n) is 6.05. The van der Waals surface area contributed by atoms with Crippen molar-refractivity contribution < 1.29 is 0 Å². The van der Waals surface area contributed by atoms with Crippen LogP contribution in [0.15, 0.2) is 66.9 Å². The van der Waals surface area contributed by atoms with Gasteiger partial charge in [0.2, 0.25) is 0 Å². The average molecular weight is 318 g/mol. The maximum atomic E-state index is 2.59. The number of benzene rings is 2. The molecule has 24 heavy (non-hydrogen) atoms. The zero-order valence-electron chi connectivity index (χ0n) is 15.0. The number of anilines is 1. The fourth-order valence-corrected chi connectivity index (χ4v) is 4.82. The largest absolute Gasteiger partial charge is 0.352 e. The molecule has 2 heteroatoms. The molecule has 2 aliphatic rings. The molecule has 0 saturated carbocycles. The zero-order chi connectivity index (χ0) is 16.9. The van der Waals surface area contributed by atoms with Gasteiger partial charge in [-0.3, -0.25) is 0 Å². The van der Waals surface area contributed by atoms with Crippen molar-refractivity contribution in [1.29, 1.82) is 0 Å². The molecule has 2 heterocycles. The standard InChI is InChI=1S/C22H26N2/c1-16-10-8-9-13-20(16)24-17(2)21-22(4,14-15-23(21)18(24)3)19-11-6-5-7-12-19/h5-15,17-18,21H,1-4H3/t17-,18?,21?,22?/m0/s1. The molecule has 2 aromatic carbocycles. The predicted molar refractivity (Wildman–Crippen MR) is 101 cm³/mol. The molecule has 0 bridgehead atoms. The normalized spacial score (nSPS) is 31.6. The van der Waals surface area contributed by atoms with Crippen molar-refractivity contribution in [3.05, 3.63) is 78.0 Å². The van der Waals surface area contributed by atoms with Crippen LogP contribution in [0, 0.1) is 6.92 Å². The molecule has 2 nitrogen and oxygen atoms in total. The van der Waals surface area contributed by atoms with Gasteiger partial charge >= 0.3 is 0 Å². The zero-order valence-corrected chi connectivity index (χ0v) is 15.0. The van der Waals surface area contributed by atoms with E-state index in [0.29, 0.717) is 18.2 Å². The van der Waals surface area contributed by atoms with E-state index in [1.807, 2.05) is 0 Å². The minimum Gasteiger partial charge on any atom is -0.352 e. The molecule has 0 aromatic heterocycles. The molecule has 4 rings (SSSR count). The summed E-state index contributed by atoms with van der Waals surface area (Å²) in [5.41, 5.74) is 4.16. The molecule has 2 aliphatic heterocycles. The Morgan fingerprint density at radius 1 is 0.917 bits per heavy atom. The Morgan fingerprint density at radius 2 is 1.58 bits per heavy atom. The Hall–Kier alpha value is -2.22. The first-order chi connectivity index (χ1) is 11.5. The van der Waals surface area contributed by atoms with Crippen molar-refractivity contribution in [3.63, 3.8) is 0 Å². The molecular weight excluding hydrogens is 292 g/mol. The Balaban J connectivity index is 1.76. The first kappa shape index (κ1) is 15.3. The van der Waals surface area contributed by atoms with E-state index in [-0.39, 0.29) is 5.41 Å². The van der Waals surface area contributed by atoms with Gasteiger partial charge in [-0.05, 0) is 51.1 Å². The molecule has 4 atom stereocenters. The second-order valence-corrected chi connectivity index (χ2v) is 7.42. The minimum atomic E-state index is 0.0480. The van der Waals surface area contributed by atoms with Crippen molar-refractivity contribution >= 4 is 5.69 Å². The van der Waals surface area contributed by atoms with Gasteiger partial charge in [0.05, 0.1) is 12.2 Å². The van der Waals surface area contributed by atoms with Crippen LogP contribution in [0.4, 0.5) is 5.69 Å². The molecule has 124 valence electrons. The summed E-state index contributed by atoms with van der Waals surface area (Å²) in [5, 5.41) is 0. The van der Waals surface area contributed by atoms with Crippen LogP contribution in [-0.4, -0.2) is 23.1 Å². The third kappa shape index (κ3) is 2.02. The minimum absolute atomic E-state index is 0.0480. The lowest BCUT2D eigenvalue weighted by Crippen LogP contribution is -2.45. The number of para-hydroxylation sites is 1. The van der Waals surface area contributed by atoms with Crippen LogP contribution < -0.4 is 4.90 Å². The summed E-state index contributed by atoms with van der Waals surface area (Å²) in [6, 6.07) is 20.6. The van der Waals surface area contributed by atoms with E-state index < -0.39 is 0 Å². The van der Waals surface area contributed by atoms with E-state index in [9.17, 15) is 0 Å². The van der Waals surface area contributed by atoms with Gasteiger partial charge in [-0.2, -0.15) is 0 Å². The predicted octanol–water partition coefficient (Wildman–Crippen LogP) is 4.71. The summed E-state index contributed by atoms with van der Waals surface area (Å²) in [7, 11) is 0. The molecular formula is C22H26N2. The van der Waals surface area contributed by atoms with Gasteiger partial charge < -0.3 is 9.80 Å². The molecule has 3 unspecified atom stereocenters. The number of hydrogen-bond donors (Lipinski definition) is 0. The van der Waals surface area contributed by atoms with Gasteiger partial charge in [0, 0.05) is 17.1 Å². The second-order valence-electron chi connectivity index (χ2n) is 7.42. The lowest BCUT2D eigenvalue weighted by atomic mass is 9.75. The monoisotopic (exact) mass is 318 g/mol. The number of aryl methyl sites for hydroxylation is 1. The van der Waals surface area contributed by atoms with Crippen LogP contribution in [0.3, 0.4) is 0 Å². The van der Waals surface area contributed by atoms with Crippen LogP contribution in [0.25, 0.3) is 0 Å². The average Bonchev–Trinajstić information content (AvgIpc) is 3.07. The number of hydrogen-bond acceptors (Lipinski definition) is 2. The van der Waals surface area contributed by atoms with Crippen LogP contribution in [0.1, 0.15) is 31.9 Å². The smallest absolute Gasteiger partial charge is 0.0989 e. The maximum Gasteiger partial charge on any atom is 0.0989 e. The van der Waals surface area contributed by atoms with E-state index in [1.165, 1.54) is 16.8 Å². The van der Waals surface area contributed by atoms with Crippen molar-refractivity contribution in [2.24, 2.45) is 0 Å². The van der Waals surface area contributed by atoms with E-state index in [2.05, 4.69) is 104 Å². The van der Waals surface area contributed by atoms with Crippen LogP contribution >= 0.6 is 0 Å². The fourth-order valence-electron chi connectivity index (χ4n) is 4.82. The lowest BCUT2D eigenvalue weighted by Gasteiger charge is -2.35.